The summed E-state index contributed by atoms with van der Waals surface area (Å²) in [5, 5.41) is 18.7. The van der Waals surface area contributed by atoms with Gasteiger partial charge < -0.3 is 10.6 Å². The Morgan fingerprint density at radius 3 is 2.69 bits per heavy atom. The van der Waals surface area contributed by atoms with Crippen LogP contribution < -0.4 is 10.6 Å². The predicted octanol–water partition coefficient (Wildman–Crippen LogP) is 3.41. The van der Waals surface area contributed by atoms with Crippen LogP contribution >= 0.6 is 0 Å². The minimum absolute atomic E-state index is 0.0453. The number of anilines is 2. The van der Waals surface area contributed by atoms with Gasteiger partial charge in [-0.05, 0) is 36.5 Å². The van der Waals surface area contributed by atoms with Crippen molar-refractivity contribution in [3.8, 4) is 11.4 Å². The molecule has 6 nitrogen and oxygen atoms in total. The molecule has 0 aliphatic heterocycles. The number of alkyl halides is 2. The van der Waals surface area contributed by atoms with Gasteiger partial charge in [-0.15, -0.1) is 10.2 Å². The van der Waals surface area contributed by atoms with Crippen molar-refractivity contribution in [3.05, 3.63) is 54.1 Å². The first-order chi connectivity index (χ1) is 12.5. The lowest BCUT2D eigenvalue weighted by atomic mass is 10.1. The number of aromatic nitrogens is 4. The van der Waals surface area contributed by atoms with Crippen molar-refractivity contribution in [1.82, 2.24) is 25.5 Å². The van der Waals surface area contributed by atoms with E-state index in [1.165, 1.54) is 16.9 Å². The Balaban J connectivity index is 1.87. The second kappa shape index (κ2) is 7.57. The lowest BCUT2D eigenvalue weighted by Gasteiger charge is -2.14. The van der Waals surface area contributed by atoms with Gasteiger partial charge in [-0.1, -0.05) is 24.3 Å². The van der Waals surface area contributed by atoms with Crippen LogP contribution in [-0.2, 0) is 12.5 Å². The Kier molecular flexibility index (Phi) is 5.22. The number of rotatable bonds is 7. The number of nitrogens with one attached hydrogen (secondary N) is 2. The third kappa shape index (κ3) is 4.20. The smallest absolute Gasteiger partial charge is 0.270 e. The van der Waals surface area contributed by atoms with E-state index in [-0.39, 0.29) is 5.56 Å². The summed E-state index contributed by atoms with van der Waals surface area (Å²) in [6, 6.07) is 13.6. The zero-order valence-electron chi connectivity index (χ0n) is 14.6. The Morgan fingerprint density at radius 1 is 1.12 bits per heavy atom. The predicted molar refractivity (Wildman–Crippen MR) is 96.5 cm³/mol. The Hall–Kier alpha value is -2.87. The molecule has 136 valence electrons. The quantitative estimate of drug-likeness (QED) is 0.677. The molecule has 2 aromatic carbocycles. The highest BCUT2D eigenvalue weighted by molar-refractivity contribution is 5.77. The summed E-state index contributed by atoms with van der Waals surface area (Å²) in [4.78, 5) is 1.51. The Bertz CT molecular complexity index is 872. The molecule has 0 unspecified atom stereocenters. The van der Waals surface area contributed by atoms with Crippen molar-refractivity contribution in [3.63, 3.8) is 0 Å². The monoisotopic (exact) mass is 358 g/mol. The van der Waals surface area contributed by atoms with Crippen LogP contribution in [0.5, 0.6) is 0 Å². The molecule has 0 aliphatic carbocycles. The molecule has 1 heterocycles. The SMILES string of the molecule is CNCCn1nnc(-c2ccccc2Nc2cccc(C(C)(F)F)c2)n1. The van der Waals surface area contributed by atoms with Crippen LogP contribution in [0.3, 0.4) is 0 Å². The summed E-state index contributed by atoms with van der Waals surface area (Å²) >= 11 is 0. The van der Waals surface area contributed by atoms with Crippen LogP contribution in [0.4, 0.5) is 20.2 Å². The number of tetrazole rings is 1. The molecule has 3 aromatic rings. The van der Waals surface area contributed by atoms with Crippen molar-refractivity contribution >= 4 is 11.4 Å². The van der Waals surface area contributed by atoms with Crippen LogP contribution in [0.2, 0.25) is 0 Å². The summed E-state index contributed by atoms with van der Waals surface area (Å²) < 4.78 is 27.1. The number of benzene rings is 2. The highest BCUT2D eigenvalue weighted by atomic mass is 19.3. The molecule has 0 atom stereocenters. The number of likely N-dealkylation sites (N-methyl/N-ethyl adjacent to an activating group) is 1. The van der Waals surface area contributed by atoms with E-state index in [9.17, 15) is 8.78 Å². The molecule has 0 fully saturated rings. The van der Waals surface area contributed by atoms with Gasteiger partial charge in [-0.2, -0.15) is 4.80 Å². The van der Waals surface area contributed by atoms with Crippen LogP contribution in [0.25, 0.3) is 11.4 Å². The maximum atomic E-state index is 13.6. The zero-order chi connectivity index (χ0) is 18.6. The second-order valence-electron chi connectivity index (χ2n) is 5.95. The topological polar surface area (TPSA) is 67.7 Å². The van der Waals surface area contributed by atoms with Crippen molar-refractivity contribution in [2.75, 3.05) is 18.9 Å². The molecule has 0 aliphatic rings. The van der Waals surface area contributed by atoms with E-state index in [0.717, 1.165) is 24.7 Å². The fraction of sp³-hybridized carbons (Fsp3) is 0.278. The van der Waals surface area contributed by atoms with E-state index in [0.29, 0.717) is 18.1 Å². The summed E-state index contributed by atoms with van der Waals surface area (Å²) in [6.45, 7) is 2.22. The largest absolute Gasteiger partial charge is 0.355 e. The van der Waals surface area contributed by atoms with Crippen molar-refractivity contribution in [1.29, 1.82) is 0 Å². The highest BCUT2D eigenvalue weighted by Crippen LogP contribution is 2.31. The Morgan fingerprint density at radius 2 is 1.92 bits per heavy atom. The average Bonchev–Trinajstić information content (AvgIpc) is 3.09. The van der Waals surface area contributed by atoms with Gasteiger partial charge in [-0.25, -0.2) is 8.78 Å². The molecule has 0 amide bonds. The highest BCUT2D eigenvalue weighted by Gasteiger charge is 2.24. The van der Waals surface area contributed by atoms with Gasteiger partial charge in [0.2, 0.25) is 5.82 Å². The molecule has 0 saturated heterocycles. The number of nitrogens with zero attached hydrogens (tertiary/aromatic N) is 4. The fourth-order valence-electron chi connectivity index (χ4n) is 2.47. The maximum Gasteiger partial charge on any atom is 0.270 e. The number of para-hydroxylation sites is 1. The first-order valence-corrected chi connectivity index (χ1v) is 8.24. The average molecular weight is 358 g/mol. The van der Waals surface area contributed by atoms with Crippen molar-refractivity contribution in [2.45, 2.75) is 19.4 Å². The molecule has 0 radical (unpaired) electrons. The molecule has 2 N–H and O–H groups in total. The maximum absolute atomic E-state index is 13.6. The van der Waals surface area contributed by atoms with Crippen LogP contribution in [0, 0.1) is 0 Å². The van der Waals surface area contributed by atoms with Crippen LogP contribution in [-0.4, -0.2) is 33.8 Å². The zero-order valence-corrected chi connectivity index (χ0v) is 14.6. The number of halogens is 2. The molecule has 26 heavy (non-hydrogen) atoms. The second-order valence-corrected chi connectivity index (χ2v) is 5.95. The van der Waals surface area contributed by atoms with Gasteiger partial charge in [0.15, 0.2) is 0 Å². The van der Waals surface area contributed by atoms with Crippen molar-refractivity contribution in [2.24, 2.45) is 0 Å². The summed E-state index contributed by atoms with van der Waals surface area (Å²) in [5.41, 5.74) is 1.99. The fourth-order valence-corrected chi connectivity index (χ4v) is 2.47. The number of hydrogen-bond donors (Lipinski definition) is 2. The molecule has 0 saturated carbocycles. The molecule has 1 aromatic heterocycles. The third-order valence-electron chi connectivity index (χ3n) is 3.83. The standard InChI is InChI=1S/C18H20F2N6/c1-18(19,20)13-6-5-7-14(12-13)22-16-9-4-3-8-15(16)17-23-25-26(24-17)11-10-21-2/h3-9,12,21-22H,10-11H2,1-2H3. The van der Waals surface area contributed by atoms with Gasteiger partial charge in [0, 0.05) is 36.0 Å². The third-order valence-corrected chi connectivity index (χ3v) is 3.83. The Labute approximate surface area is 150 Å². The van der Waals surface area contributed by atoms with E-state index in [1.54, 1.807) is 12.1 Å². The first-order valence-electron chi connectivity index (χ1n) is 8.24. The van der Waals surface area contributed by atoms with E-state index < -0.39 is 5.92 Å². The van der Waals surface area contributed by atoms with E-state index in [2.05, 4.69) is 26.0 Å². The van der Waals surface area contributed by atoms with E-state index in [4.69, 9.17) is 0 Å². The lowest BCUT2D eigenvalue weighted by Crippen LogP contribution is -2.16. The molecule has 8 heteroatoms. The molecule has 0 spiro atoms. The summed E-state index contributed by atoms with van der Waals surface area (Å²) in [5.74, 6) is -2.42. The van der Waals surface area contributed by atoms with Gasteiger partial charge in [0.1, 0.15) is 0 Å². The van der Waals surface area contributed by atoms with Gasteiger partial charge in [0.05, 0.1) is 6.54 Å². The van der Waals surface area contributed by atoms with Crippen molar-refractivity contribution < 1.29 is 8.78 Å². The summed E-state index contributed by atoms with van der Waals surface area (Å²) in [7, 11) is 1.85. The van der Waals surface area contributed by atoms with E-state index in [1.807, 2.05) is 31.3 Å². The molecule has 3 rings (SSSR count). The summed E-state index contributed by atoms with van der Waals surface area (Å²) in [6.07, 6.45) is 0. The molecule has 0 bridgehead atoms. The minimum atomic E-state index is -2.89. The van der Waals surface area contributed by atoms with Crippen LogP contribution in [0.1, 0.15) is 12.5 Å². The van der Waals surface area contributed by atoms with Gasteiger partial charge in [-0.3, -0.25) is 0 Å². The molecular weight excluding hydrogens is 338 g/mol. The van der Waals surface area contributed by atoms with Gasteiger partial charge >= 0.3 is 0 Å². The number of hydrogen-bond acceptors (Lipinski definition) is 5. The van der Waals surface area contributed by atoms with Gasteiger partial charge in [0.25, 0.3) is 5.92 Å². The van der Waals surface area contributed by atoms with E-state index >= 15 is 0 Å². The normalized spacial score (nSPS) is 11.5. The lowest BCUT2D eigenvalue weighted by molar-refractivity contribution is 0.0175. The first kappa shape index (κ1) is 17.9. The van der Waals surface area contributed by atoms with Crippen LogP contribution in [0.15, 0.2) is 48.5 Å². The minimum Gasteiger partial charge on any atom is -0.355 e. The molecular formula is C18H20F2N6.